The van der Waals surface area contributed by atoms with E-state index in [0.29, 0.717) is 30.2 Å². The molecule has 0 N–H and O–H groups in total. The molecule has 6 nitrogen and oxygen atoms in total. The highest BCUT2D eigenvalue weighted by atomic mass is 16.1. The number of hydrogen-bond donors (Lipinski definition) is 0. The number of anilines is 1. The molecular formula is C22H29N5O. The SMILES string of the molecule is CCN(CC)CC(=O)CCC1CCN(c2ccc(C#N)c3ncncc23)CC1. The average Bonchev–Trinajstić information content (AvgIpc) is 2.75. The molecule has 28 heavy (non-hydrogen) atoms. The molecule has 0 bridgehead atoms. The van der Waals surface area contributed by atoms with E-state index < -0.39 is 0 Å². The Balaban J connectivity index is 1.57. The molecule has 1 aliphatic rings. The summed E-state index contributed by atoms with van der Waals surface area (Å²) in [5.41, 5.74) is 2.41. The molecule has 0 spiro atoms. The number of ketones is 1. The number of benzene rings is 1. The number of nitriles is 1. The van der Waals surface area contributed by atoms with Crippen molar-refractivity contribution in [3.8, 4) is 6.07 Å². The average molecular weight is 380 g/mol. The molecule has 2 aromatic rings. The van der Waals surface area contributed by atoms with Crippen LogP contribution in [0.3, 0.4) is 0 Å². The van der Waals surface area contributed by atoms with Crippen molar-refractivity contribution in [2.45, 2.75) is 39.5 Å². The topological polar surface area (TPSA) is 73.1 Å². The molecule has 1 aliphatic heterocycles. The number of carbonyl (C=O) groups excluding carboxylic acids is 1. The van der Waals surface area contributed by atoms with E-state index in [1.54, 1.807) is 6.20 Å². The standard InChI is InChI=1S/C22H29N5O/c1-3-26(4-2)15-19(28)7-5-17-9-11-27(12-10-17)21-8-6-18(13-23)22-20(21)14-24-16-25-22/h6,8,14,16-17H,3-5,7,9-12,15H2,1-2H3. The molecule has 0 saturated carbocycles. The smallest absolute Gasteiger partial charge is 0.146 e. The summed E-state index contributed by atoms with van der Waals surface area (Å²) in [6, 6.07) is 6.07. The number of carbonyl (C=O) groups is 1. The number of aromatic nitrogens is 2. The third-order valence-electron chi connectivity index (χ3n) is 5.85. The number of hydrogen-bond acceptors (Lipinski definition) is 6. The molecule has 148 valence electrons. The van der Waals surface area contributed by atoms with Gasteiger partial charge in [-0.2, -0.15) is 5.26 Å². The van der Waals surface area contributed by atoms with Gasteiger partial charge in [-0.25, -0.2) is 9.97 Å². The molecule has 3 rings (SSSR count). The van der Waals surface area contributed by atoms with E-state index in [-0.39, 0.29) is 0 Å². The van der Waals surface area contributed by atoms with Gasteiger partial charge in [-0.05, 0) is 50.4 Å². The summed E-state index contributed by atoms with van der Waals surface area (Å²) >= 11 is 0. The predicted molar refractivity (Wildman–Crippen MR) is 111 cm³/mol. The van der Waals surface area contributed by atoms with E-state index in [2.05, 4.69) is 39.7 Å². The molecule has 0 amide bonds. The Labute approximate surface area is 167 Å². The van der Waals surface area contributed by atoms with Crippen LogP contribution in [0.1, 0.15) is 45.1 Å². The fourth-order valence-corrected chi connectivity index (χ4v) is 4.03. The minimum atomic E-state index is 0.362. The van der Waals surface area contributed by atoms with Gasteiger partial charge in [0.1, 0.15) is 18.2 Å². The van der Waals surface area contributed by atoms with Crippen LogP contribution in [0.4, 0.5) is 5.69 Å². The number of fused-ring (bicyclic) bond motifs is 1. The van der Waals surface area contributed by atoms with Crippen molar-refractivity contribution < 1.29 is 4.79 Å². The molecular weight excluding hydrogens is 350 g/mol. The van der Waals surface area contributed by atoms with Gasteiger partial charge >= 0.3 is 0 Å². The quantitative estimate of drug-likeness (QED) is 0.700. The van der Waals surface area contributed by atoms with Gasteiger partial charge in [-0.1, -0.05) is 13.8 Å². The Bertz CT molecular complexity index is 848. The van der Waals surface area contributed by atoms with Crippen molar-refractivity contribution in [2.24, 2.45) is 5.92 Å². The van der Waals surface area contributed by atoms with Crippen LogP contribution in [0.15, 0.2) is 24.7 Å². The summed E-state index contributed by atoms with van der Waals surface area (Å²) in [6.45, 7) is 8.58. The Morgan fingerprint density at radius 2 is 2.04 bits per heavy atom. The molecule has 0 radical (unpaired) electrons. The van der Waals surface area contributed by atoms with E-state index in [9.17, 15) is 10.1 Å². The predicted octanol–water partition coefficient (Wildman–Crippen LogP) is 3.41. The molecule has 6 heteroatoms. The fourth-order valence-electron chi connectivity index (χ4n) is 4.03. The maximum atomic E-state index is 12.2. The van der Waals surface area contributed by atoms with Crippen molar-refractivity contribution >= 4 is 22.4 Å². The zero-order chi connectivity index (χ0) is 19.9. The van der Waals surface area contributed by atoms with Crippen LogP contribution in [0.2, 0.25) is 0 Å². The number of rotatable bonds is 8. The van der Waals surface area contributed by atoms with Crippen LogP contribution in [0.25, 0.3) is 10.9 Å². The number of likely N-dealkylation sites (N-methyl/N-ethyl adjacent to an activating group) is 1. The van der Waals surface area contributed by atoms with E-state index in [1.165, 1.54) is 6.33 Å². The second-order valence-electron chi connectivity index (χ2n) is 7.50. The molecule has 0 atom stereocenters. The Kier molecular flexibility index (Phi) is 6.94. The van der Waals surface area contributed by atoms with Gasteiger partial charge in [0.05, 0.1) is 17.6 Å². The van der Waals surface area contributed by atoms with Crippen molar-refractivity contribution in [1.82, 2.24) is 14.9 Å². The number of piperidine rings is 1. The normalized spacial score (nSPS) is 15.1. The van der Waals surface area contributed by atoms with Crippen molar-refractivity contribution in [1.29, 1.82) is 5.26 Å². The summed E-state index contributed by atoms with van der Waals surface area (Å²) < 4.78 is 0. The van der Waals surface area contributed by atoms with Gasteiger partial charge < -0.3 is 4.90 Å². The second kappa shape index (κ2) is 9.61. The maximum absolute atomic E-state index is 12.2. The Morgan fingerprint density at radius 1 is 1.29 bits per heavy atom. The first-order chi connectivity index (χ1) is 13.7. The van der Waals surface area contributed by atoms with Crippen LogP contribution in [-0.2, 0) is 4.79 Å². The van der Waals surface area contributed by atoms with Gasteiger partial charge in [0, 0.05) is 36.8 Å². The summed E-state index contributed by atoms with van der Waals surface area (Å²) in [7, 11) is 0. The van der Waals surface area contributed by atoms with E-state index in [4.69, 9.17) is 0 Å². The molecule has 1 aromatic carbocycles. The highest BCUT2D eigenvalue weighted by Gasteiger charge is 2.22. The summed E-state index contributed by atoms with van der Waals surface area (Å²) in [5.74, 6) is 0.971. The first kappa shape index (κ1) is 20.2. The van der Waals surface area contributed by atoms with Gasteiger partial charge in [0.25, 0.3) is 0 Å². The second-order valence-corrected chi connectivity index (χ2v) is 7.50. The van der Waals surface area contributed by atoms with Crippen LogP contribution in [0.5, 0.6) is 0 Å². The van der Waals surface area contributed by atoms with Crippen molar-refractivity contribution in [3.63, 3.8) is 0 Å². The van der Waals surface area contributed by atoms with Crippen LogP contribution < -0.4 is 4.90 Å². The summed E-state index contributed by atoms with van der Waals surface area (Å²) in [5, 5.41) is 10.2. The van der Waals surface area contributed by atoms with Crippen LogP contribution in [-0.4, -0.2) is 53.4 Å². The van der Waals surface area contributed by atoms with Crippen LogP contribution in [0, 0.1) is 17.2 Å². The minimum Gasteiger partial charge on any atom is -0.371 e. The molecule has 0 unspecified atom stereocenters. The third kappa shape index (κ3) is 4.66. The summed E-state index contributed by atoms with van der Waals surface area (Å²) in [4.78, 5) is 25.2. The lowest BCUT2D eigenvalue weighted by Gasteiger charge is -2.34. The lowest BCUT2D eigenvalue weighted by molar-refractivity contribution is -0.120. The highest BCUT2D eigenvalue weighted by molar-refractivity contribution is 5.94. The molecule has 2 heterocycles. The van der Waals surface area contributed by atoms with Gasteiger partial charge in [-0.3, -0.25) is 9.69 Å². The van der Waals surface area contributed by atoms with Gasteiger partial charge in [-0.15, -0.1) is 0 Å². The Hall–Kier alpha value is -2.52. The van der Waals surface area contributed by atoms with Gasteiger partial charge in [0.2, 0.25) is 0 Å². The fraction of sp³-hybridized carbons (Fsp3) is 0.545. The van der Waals surface area contributed by atoms with E-state index >= 15 is 0 Å². The first-order valence-corrected chi connectivity index (χ1v) is 10.3. The first-order valence-electron chi connectivity index (χ1n) is 10.3. The highest BCUT2D eigenvalue weighted by Crippen LogP contribution is 2.31. The number of Topliss-reactive ketones (excluding diaryl/α,β-unsaturated/α-hetero) is 1. The minimum absolute atomic E-state index is 0.362. The third-order valence-corrected chi connectivity index (χ3v) is 5.85. The molecule has 0 aliphatic carbocycles. The molecule has 1 saturated heterocycles. The van der Waals surface area contributed by atoms with Crippen LogP contribution >= 0.6 is 0 Å². The van der Waals surface area contributed by atoms with Crippen molar-refractivity contribution in [2.75, 3.05) is 37.6 Å². The lowest BCUT2D eigenvalue weighted by Crippen LogP contribution is -2.34. The monoisotopic (exact) mass is 379 g/mol. The molecule has 1 fully saturated rings. The maximum Gasteiger partial charge on any atom is 0.146 e. The number of nitrogens with zero attached hydrogens (tertiary/aromatic N) is 5. The Morgan fingerprint density at radius 3 is 2.71 bits per heavy atom. The lowest BCUT2D eigenvalue weighted by atomic mass is 9.90. The summed E-state index contributed by atoms with van der Waals surface area (Å²) in [6.07, 6.45) is 7.16. The molecule has 1 aromatic heterocycles. The van der Waals surface area contributed by atoms with Gasteiger partial charge in [0.15, 0.2) is 0 Å². The zero-order valence-electron chi connectivity index (χ0n) is 16.9. The van der Waals surface area contributed by atoms with E-state index in [0.717, 1.165) is 62.0 Å². The zero-order valence-corrected chi connectivity index (χ0v) is 16.9. The van der Waals surface area contributed by atoms with Crippen molar-refractivity contribution in [3.05, 3.63) is 30.2 Å². The largest absolute Gasteiger partial charge is 0.371 e. The van der Waals surface area contributed by atoms with E-state index in [1.807, 2.05) is 12.1 Å².